The van der Waals surface area contributed by atoms with E-state index in [2.05, 4.69) is 19.2 Å². The van der Waals surface area contributed by atoms with Crippen molar-refractivity contribution in [2.45, 2.75) is 46.1 Å². The second-order valence-corrected chi connectivity index (χ2v) is 4.21. The summed E-state index contributed by atoms with van der Waals surface area (Å²) in [4.78, 5) is 10.8. The normalized spacial score (nSPS) is 29.3. The Hall–Kier alpha value is -0.530. The smallest absolute Gasteiger partial charge is 0.217 e. The van der Waals surface area contributed by atoms with E-state index in [-0.39, 0.29) is 5.91 Å². The predicted molar refractivity (Wildman–Crippen MR) is 49.8 cm³/mol. The van der Waals surface area contributed by atoms with E-state index in [4.69, 9.17) is 0 Å². The van der Waals surface area contributed by atoms with Crippen LogP contribution in [0, 0.1) is 11.8 Å². The molecule has 70 valence electrons. The lowest BCUT2D eigenvalue weighted by Gasteiger charge is -2.14. The molecule has 0 saturated heterocycles. The predicted octanol–water partition coefficient (Wildman–Crippen LogP) is 1.95. The third-order valence-corrected chi connectivity index (χ3v) is 2.82. The monoisotopic (exact) mass is 169 g/mol. The maximum atomic E-state index is 10.8. The summed E-state index contributed by atoms with van der Waals surface area (Å²) in [6.07, 6.45) is 3.63. The number of carbonyl (C=O) groups is 1. The molecule has 1 N–H and O–H groups in total. The lowest BCUT2D eigenvalue weighted by molar-refractivity contribution is -0.119. The first-order chi connectivity index (χ1) is 5.59. The molecule has 0 radical (unpaired) electrons. The SMILES string of the molecule is CC(=O)NC1CCC(C(C)C)C1. The van der Waals surface area contributed by atoms with Gasteiger partial charge in [0.25, 0.3) is 0 Å². The number of carbonyl (C=O) groups excluding carboxylic acids is 1. The second-order valence-electron chi connectivity index (χ2n) is 4.21. The minimum atomic E-state index is 0.115. The number of rotatable bonds is 2. The number of amides is 1. The number of hydrogen-bond acceptors (Lipinski definition) is 1. The van der Waals surface area contributed by atoms with Gasteiger partial charge in [0.05, 0.1) is 0 Å². The molecule has 1 aliphatic rings. The molecule has 2 unspecified atom stereocenters. The van der Waals surface area contributed by atoms with Gasteiger partial charge < -0.3 is 5.32 Å². The molecule has 2 atom stereocenters. The molecular weight excluding hydrogens is 150 g/mol. The molecule has 1 rings (SSSR count). The third-order valence-electron chi connectivity index (χ3n) is 2.82. The van der Waals surface area contributed by atoms with Crippen LogP contribution in [0.4, 0.5) is 0 Å². The first-order valence-corrected chi connectivity index (χ1v) is 4.86. The van der Waals surface area contributed by atoms with Crippen molar-refractivity contribution in [1.82, 2.24) is 5.32 Å². The Morgan fingerprint density at radius 3 is 2.50 bits per heavy atom. The molecular formula is C10H19NO. The summed E-state index contributed by atoms with van der Waals surface area (Å²) in [5.41, 5.74) is 0. The molecule has 0 aromatic heterocycles. The van der Waals surface area contributed by atoms with Crippen LogP contribution in [0.2, 0.25) is 0 Å². The molecule has 2 nitrogen and oxygen atoms in total. The first-order valence-electron chi connectivity index (χ1n) is 4.86. The minimum Gasteiger partial charge on any atom is -0.354 e. The van der Waals surface area contributed by atoms with Crippen LogP contribution in [-0.2, 0) is 4.79 Å². The average molecular weight is 169 g/mol. The van der Waals surface area contributed by atoms with Crippen molar-refractivity contribution in [2.24, 2.45) is 11.8 Å². The summed E-state index contributed by atoms with van der Waals surface area (Å²) < 4.78 is 0. The zero-order valence-corrected chi connectivity index (χ0v) is 8.26. The Morgan fingerprint density at radius 1 is 1.42 bits per heavy atom. The number of hydrogen-bond donors (Lipinski definition) is 1. The van der Waals surface area contributed by atoms with E-state index >= 15 is 0 Å². The van der Waals surface area contributed by atoms with E-state index in [1.54, 1.807) is 6.92 Å². The first kappa shape index (κ1) is 9.56. The van der Waals surface area contributed by atoms with Gasteiger partial charge in [0.1, 0.15) is 0 Å². The standard InChI is InChI=1S/C10H19NO/c1-7(2)9-4-5-10(6-9)11-8(3)12/h7,9-10H,4-6H2,1-3H3,(H,11,12). The molecule has 1 aliphatic carbocycles. The van der Waals surface area contributed by atoms with Crippen molar-refractivity contribution in [3.63, 3.8) is 0 Å². The maximum absolute atomic E-state index is 10.8. The van der Waals surface area contributed by atoms with Gasteiger partial charge in [0.2, 0.25) is 5.91 Å². The molecule has 0 aromatic rings. The zero-order chi connectivity index (χ0) is 9.14. The molecule has 2 heteroatoms. The van der Waals surface area contributed by atoms with Crippen molar-refractivity contribution in [3.8, 4) is 0 Å². The van der Waals surface area contributed by atoms with Gasteiger partial charge >= 0.3 is 0 Å². The van der Waals surface area contributed by atoms with Gasteiger partial charge in [0.15, 0.2) is 0 Å². The van der Waals surface area contributed by atoms with Crippen LogP contribution >= 0.6 is 0 Å². The Labute approximate surface area is 74.7 Å². The van der Waals surface area contributed by atoms with Crippen LogP contribution < -0.4 is 5.32 Å². The van der Waals surface area contributed by atoms with Crippen molar-refractivity contribution >= 4 is 5.91 Å². The maximum Gasteiger partial charge on any atom is 0.217 e. The van der Waals surface area contributed by atoms with Crippen LogP contribution in [0.3, 0.4) is 0 Å². The van der Waals surface area contributed by atoms with Gasteiger partial charge in [-0.3, -0.25) is 4.79 Å². The molecule has 1 fully saturated rings. The van der Waals surface area contributed by atoms with Crippen molar-refractivity contribution in [1.29, 1.82) is 0 Å². The summed E-state index contributed by atoms with van der Waals surface area (Å²) in [6, 6.07) is 0.454. The fourth-order valence-electron chi connectivity index (χ4n) is 2.04. The fourth-order valence-corrected chi connectivity index (χ4v) is 2.04. The van der Waals surface area contributed by atoms with E-state index < -0.39 is 0 Å². The number of nitrogens with one attached hydrogen (secondary N) is 1. The molecule has 0 spiro atoms. The van der Waals surface area contributed by atoms with Gasteiger partial charge in [0, 0.05) is 13.0 Å². The van der Waals surface area contributed by atoms with Crippen LogP contribution in [-0.4, -0.2) is 11.9 Å². The van der Waals surface area contributed by atoms with E-state index in [9.17, 15) is 4.79 Å². The van der Waals surface area contributed by atoms with Gasteiger partial charge in [-0.05, 0) is 31.1 Å². The highest BCUT2D eigenvalue weighted by atomic mass is 16.1. The Morgan fingerprint density at radius 2 is 2.08 bits per heavy atom. The fraction of sp³-hybridized carbons (Fsp3) is 0.900. The van der Waals surface area contributed by atoms with Gasteiger partial charge in [-0.15, -0.1) is 0 Å². The molecule has 0 bridgehead atoms. The lowest BCUT2D eigenvalue weighted by atomic mass is 9.94. The van der Waals surface area contributed by atoms with E-state index in [0.29, 0.717) is 6.04 Å². The van der Waals surface area contributed by atoms with Crippen molar-refractivity contribution < 1.29 is 4.79 Å². The van der Waals surface area contributed by atoms with Crippen molar-refractivity contribution in [2.75, 3.05) is 0 Å². The third kappa shape index (κ3) is 2.50. The van der Waals surface area contributed by atoms with Crippen LogP contribution in [0.25, 0.3) is 0 Å². The molecule has 1 saturated carbocycles. The highest BCUT2D eigenvalue weighted by Crippen LogP contribution is 2.31. The van der Waals surface area contributed by atoms with Crippen LogP contribution in [0.15, 0.2) is 0 Å². The van der Waals surface area contributed by atoms with Gasteiger partial charge in [-0.25, -0.2) is 0 Å². The Balaban J connectivity index is 2.30. The lowest BCUT2D eigenvalue weighted by Crippen LogP contribution is -2.30. The van der Waals surface area contributed by atoms with E-state index in [1.807, 2.05) is 0 Å². The van der Waals surface area contributed by atoms with Crippen LogP contribution in [0.1, 0.15) is 40.0 Å². The highest BCUT2D eigenvalue weighted by Gasteiger charge is 2.26. The second kappa shape index (κ2) is 3.92. The van der Waals surface area contributed by atoms with Crippen molar-refractivity contribution in [3.05, 3.63) is 0 Å². The summed E-state index contributed by atoms with van der Waals surface area (Å²) in [6.45, 7) is 6.13. The average Bonchev–Trinajstić information content (AvgIpc) is 2.34. The van der Waals surface area contributed by atoms with Gasteiger partial charge in [-0.1, -0.05) is 13.8 Å². The summed E-state index contributed by atoms with van der Waals surface area (Å²) >= 11 is 0. The minimum absolute atomic E-state index is 0.115. The van der Waals surface area contributed by atoms with E-state index in [0.717, 1.165) is 11.8 Å². The molecule has 0 aromatic carbocycles. The highest BCUT2D eigenvalue weighted by molar-refractivity contribution is 5.73. The Bertz CT molecular complexity index is 165. The summed E-state index contributed by atoms with van der Waals surface area (Å²) in [5.74, 6) is 1.70. The summed E-state index contributed by atoms with van der Waals surface area (Å²) in [5, 5.41) is 2.99. The largest absolute Gasteiger partial charge is 0.354 e. The summed E-state index contributed by atoms with van der Waals surface area (Å²) in [7, 11) is 0. The molecule has 0 heterocycles. The molecule has 0 aliphatic heterocycles. The topological polar surface area (TPSA) is 29.1 Å². The van der Waals surface area contributed by atoms with E-state index in [1.165, 1.54) is 19.3 Å². The Kier molecular flexibility index (Phi) is 3.12. The zero-order valence-electron chi connectivity index (χ0n) is 8.26. The van der Waals surface area contributed by atoms with Crippen LogP contribution in [0.5, 0.6) is 0 Å². The van der Waals surface area contributed by atoms with Gasteiger partial charge in [-0.2, -0.15) is 0 Å². The molecule has 12 heavy (non-hydrogen) atoms. The quantitative estimate of drug-likeness (QED) is 0.672. The molecule has 1 amide bonds.